The topological polar surface area (TPSA) is 92.8 Å². The van der Waals surface area contributed by atoms with Crippen LogP contribution in [-0.2, 0) is 26.0 Å². The smallest absolute Gasteiger partial charge is 0.408 e. The zero-order valence-electron chi connectivity index (χ0n) is 24.2. The molecule has 2 aliphatic carbocycles. The van der Waals surface area contributed by atoms with Gasteiger partial charge in [-0.1, -0.05) is 58.0 Å². The van der Waals surface area contributed by atoms with Crippen LogP contribution in [0.2, 0.25) is 0 Å². The van der Waals surface area contributed by atoms with Crippen molar-refractivity contribution < 1.29 is 27.1 Å². The molecule has 1 spiro atoms. The highest BCUT2D eigenvalue weighted by Gasteiger charge is 2.72. The molecular formula is C30H43FN2O5S. The zero-order chi connectivity index (χ0) is 29.0. The van der Waals surface area contributed by atoms with Gasteiger partial charge in [0.1, 0.15) is 11.4 Å². The quantitative estimate of drug-likeness (QED) is 0.466. The number of carbonyl (C=O) groups excluding carboxylic acids is 2. The average Bonchev–Trinajstić information content (AvgIpc) is 3.29. The van der Waals surface area contributed by atoms with E-state index in [2.05, 4.69) is 19.2 Å². The van der Waals surface area contributed by atoms with Gasteiger partial charge in [-0.05, 0) is 75.3 Å². The Morgan fingerprint density at radius 1 is 1.21 bits per heavy atom. The summed E-state index contributed by atoms with van der Waals surface area (Å²) < 4.78 is 49.5. The van der Waals surface area contributed by atoms with Crippen molar-refractivity contribution in [3.63, 3.8) is 0 Å². The van der Waals surface area contributed by atoms with E-state index >= 15 is 4.39 Å². The molecule has 1 aromatic carbocycles. The predicted molar refractivity (Wildman–Crippen MR) is 149 cm³/mol. The summed E-state index contributed by atoms with van der Waals surface area (Å²) in [5.74, 6) is -2.37. The standard InChI is InChI=1S/C30H43FN2O5S/c1-19(2)25(32-27(35)38-28(3,4)5)23(31)16-21(15-20-11-9-8-10-12-20)26(34)33-24-17-22-13-14-30(24,29(22,6)7)18-39(33,36)37/h8-12,16,19,21-22,24-25H,13-15,17-18H2,1-7H3,(H,32,35)/b23-16-/t21-,22-,24+,25+,30-/m0/s1. The summed E-state index contributed by atoms with van der Waals surface area (Å²) >= 11 is 0. The number of hydrogen-bond acceptors (Lipinski definition) is 5. The van der Waals surface area contributed by atoms with Crippen LogP contribution < -0.4 is 5.32 Å². The molecule has 1 N–H and O–H groups in total. The first kappa shape index (κ1) is 29.6. The third-order valence-electron chi connectivity index (χ3n) is 9.24. The molecule has 2 amide bonds. The van der Waals surface area contributed by atoms with E-state index < -0.39 is 56.9 Å². The lowest BCUT2D eigenvalue weighted by molar-refractivity contribution is -0.131. The molecule has 1 aromatic rings. The fourth-order valence-corrected chi connectivity index (χ4v) is 9.70. The first-order chi connectivity index (χ1) is 18.0. The van der Waals surface area contributed by atoms with Gasteiger partial charge in [0, 0.05) is 5.41 Å². The molecule has 2 saturated carbocycles. The summed E-state index contributed by atoms with van der Waals surface area (Å²) in [7, 11) is -3.87. The van der Waals surface area contributed by atoms with E-state index in [4.69, 9.17) is 4.74 Å². The summed E-state index contributed by atoms with van der Waals surface area (Å²) in [5, 5.41) is 2.59. The number of alkyl carbamates (subject to hydrolysis) is 1. The van der Waals surface area contributed by atoms with Crippen LogP contribution in [0.25, 0.3) is 0 Å². The van der Waals surface area contributed by atoms with E-state index in [-0.39, 0.29) is 23.5 Å². The van der Waals surface area contributed by atoms with E-state index in [9.17, 15) is 18.0 Å². The van der Waals surface area contributed by atoms with Gasteiger partial charge in [-0.3, -0.25) is 4.79 Å². The first-order valence-electron chi connectivity index (χ1n) is 13.9. The van der Waals surface area contributed by atoms with E-state index in [0.717, 1.165) is 22.7 Å². The molecule has 0 unspecified atom stereocenters. The highest BCUT2D eigenvalue weighted by molar-refractivity contribution is 7.90. The van der Waals surface area contributed by atoms with Crippen LogP contribution in [0.1, 0.15) is 73.3 Å². The Kier molecular flexibility index (Phi) is 7.73. The second kappa shape index (κ2) is 10.2. The van der Waals surface area contributed by atoms with E-state index in [1.165, 1.54) is 6.08 Å². The molecule has 5 atom stereocenters. The summed E-state index contributed by atoms with van der Waals surface area (Å²) in [6, 6.07) is 7.75. The van der Waals surface area contributed by atoms with Crippen LogP contribution in [0.5, 0.6) is 0 Å². The lowest BCUT2D eigenvalue weighted by Crippen LogP contribution is -2.46. The van der Waals surface area contributed by atoms with Crippen LogP contribution >= 0.6 is 0 Å². The molecule has 0 aromatic heterocycles. The first-order valence-corrected chi connectivity index (χ1v) is 15.6. The average molecular weight is 563 g/mol. The van der Waals surface area contributed by atoms with Crippen LogP contribution in [0, 0.1) is 28.6 Å². The fraction of sp³-hybridized carbons (Fsp3) is 0.667. The third kappa shape index (κ3) is 5.48. The molecule has 1 heterocycles. The number of nitrogens with one attached hydrogen (secondary N) is 1. The number of benzene rings is 1. The van der Waals surface area contributed by atoms with Gasteiger partial charge in [-0.2, -0.15) is 0 Å². The molecule has 7 nitrogen and oxygen atoms in total. The van der Waals surface area contributed by atoms with Crippen molar-refractivity contribution in [3.8, 4) is 0 Å². The number of carbonyl (C=O) groups is 2. The Balaban J connectivity index is 1.68. The molecule has 216 valence electrons. The largest absolute Gasteiger partial charge is 0.444 e. The monoisotopic (exact) mass is 562 g/mol. The van der Waals surface area contributed by atoms with Crippen molar-refractivity contribution in [2.45, 2.75) is 91.8 Å². The van der Waals surface area contributed by atoms with Gasteiger partial charge < -0.3 is 10.1 Å². The summed E-state index contributed by atoms with van der Waals surface area (Å²) in [6.07, 6.45) is 2.98. The number of amides is 2. The van der Waals surface area contributed by atoms with Gasteiger partial charge in [-0.15, -0.1) is 0 Å². The highest BCUT2D eigenvalue weighted by atomic mass is 32.2. The van der Waals surface area contributed by atoms with Crippen LogP contribution in [0.3, 0.4) is 0 Å². The maximum Gasteiger partial charge on any atom is 0.408 e. The van der Waals surface area contributed by atoms with Crippen molar-refractivity contribution >= 4 is 22.0 Å². The third-order valence-corrected chi connectivity index (χ3v) is 11.2. The summed E-state index contributed by atoms with van der Waals surface area (Å²) in [6.45, 7) is 12.9. The highest BCUT2D eigenvalue weighted by Crippen LogP contribution is 2.70. The van der Waals surface area contributed by atoms with Gasteiger partial charge in [0.2, 0.25) is 15.9 Å². The predicted octanol–water partition coefficient (Wildman–Crippen LogP) is 5.61. The Morgan fingerprint density at radius 2 is 1.85 bits per heavy atom. The molecule has 3 fully saturated rings. The number of hydrogen-bond donors (Lipinski definition) is 1. The van der Waals surface area contributed by atoms with Crippen molar-refractivity contribution in [2.75, 3.05) is 5.75 Å². The molecule has 1 saturated heterocycles. The Labute approximate surface area is 232 Å². The fourth-order valence-electron chi connectivity index (χ4n) is 7.11. The lowest BCUT2D eigenvalue weighted by atomic mass is 9.69. The van der Waals surface area contributed by atoms with Crippen molar-refractivity contribution in [1.82, 2.24) is 9.62 Å². The normalized spacial score (nSPS) is 28.7. The van der Waals surface area contributed by atoms with Crippen molar-refractivity contribution in [3.05, 3.63) is 47.8 Å². The second-order valence-corrected chi connectivity index (χ2v) is 15.3. The molecule has 9 heteroatoms. The maximum absolute atomic E-state index is 15.9. The van der Waals surface area contributed by atoms with Crippen LogP contribution in [-0.4, -0.2) is 48.2 Å². The lowest BCUT2D eigenvalue weighted by Gasteiger charge is -2.37. The van der Waals surface area contributed by atoms with Crippen LogP contribution in [0.4, 0.5) is 9.18 Å². The van der Waals surface area contributed by atoms with Gasteiger partial charge in [0.05, 0.1) is 23.8 Å². The molecular weight excluding hydrogens is 519 g/mol. The molecule has 39 heavy (non-hydrogen) atoms. The maximum atomic E-state index is 15.9. The molecule has 4 rings (SSSR count). The minimum atomic E-state index is -3.87. The van der Waals surface area contributed by atoms with Crippen molar-refractivity contribution in [1.29, 1.82) is 0 Å². The second-order valence-electron chi connectivity index (χ2n) is 13.5. The summed E-state index contributed by atoms with van der Waals surface area (Å²) in [5.41, 5.74) is -0.618. The number of ether oxygens (including phenoxy) is 1. The Hall–Kier alpha value is -2.42. The molecule has 2 bridgehead atoms. The minimum absolute atomic E-state index is 0.0427. The zero-order valence-corrected chi connectivity index (χ0v) is 25.0. The minimum Gasteiger partial charge on any atom is -0.444 e. The Bertz CT molecular complexity index is 1240. The molecule has 1 aliphatic heterocycles. The van der Waals surface area contributed by atoms with Crippen molar-refractivity contribution in [2.24, 2.45) is 28.6 Å². The number of nitrogens with zero attached hydrogens (tertiary/aromatic N) is 1. The number of halogens is 1. The van der Waals surface area contributed by atoms with Gasteiger partial charge >= 0.3 is 6.09 Å². The number of sulfonamides is 1. The SMILES string of the molecule is CC(C)[C@@H](NC(=O)OC(C)(C)C)/C(F)=C/[C@H](Cc1ccccc1)C(=O)N1[C@@H]2C[C@@H]3CC[C@@]2(CS1(=O)=O)C3(C)C. The van der Waals surface area contributed by atoms with Gasteiger partial charge in [0.15, 0.2) is 0 Å². The van der Waals surface area contributed by atoms with Crippen LogP contribution in [0.15, 0.2) is 42.2 Å². The van der Waals surface area contributed by atoms with E-state index in [1.807, 2.05) is 30.3 Å². The van der Waals surface area contributed by atoms with Gasteiger partial charge in [0.25, 0.3) is 0 Å². The Morgan fingerprint density at radius 3 is 2.41 bits per heavy atom. The molecule has 0 radical (unpaired) electrons. The van der Waals surface area contributed by atoms with E-state index in [0.29, 0.717) is 12.3 Å². The number of rotatable bonds is 7. The van der Waals surface area contributed by atoms with E-state index in [1.54, 1.807) is 34.6 Å². The van der Waals surface area contributed by atoms with Gasteiger partial charge in [-0.25, -0.2) is 21.9 Å². The summed E-state index contributed by atoms with van der Waals surface area (Å²) in [4.78, 5) is 26.6. The molecule has 3 aliphatic rings. The number of fused-ring (bicyclic) bond motifs is 1.